The molecule has 0 saturated carbocycles. The maximum absolute atomic E-state index is 12.0. The Morgan fingerprint density at radius 1 is 1.56 bits per heavy atom. The number of β-amino-alcohol motifs (C(OH)–C–C–N with tert-alkyl or cyclic N) is 1. The number of amides is 1. The Morgan fingerprint density at radius 2 is 2.31 bits per heavy atom. The fraction of sp³-hybridized carbons (Fsp3) is 0.600. The number of hydrogen-bond donors (Lipinski definition) is 1. The largest absolute Gasteiger partial charge is 0.372 e. The lowest BCUT2D eigenvalue weighted by Gasteiger charge is -2.36. The van der Waals surface area contributed by atoms with Gasteiger partial charge in [-0.2, -0.15) is 9.78 Å². The summed E-state index contributed by atoms with van der Waals surface area (Å²) in [5.74, 6) is 0. The third kappa shape index (κ3) is 2.07. The van der Waals surface area contributed by atoms with E-state index in [9.17, 15) is 9.90 Å². The number of rotatable bonds is 0. The quantitative estimate of drug-likeness (QED) is 0.658. The standard InChI is InChI=1S/C10H16N4O2/c1-8-5-11-14(6-8)10(16)13-4-3-12(2)7-9(13)15/h5-6,9,15H,3-4,7H2,1-2H3. The molecule has 1 aromatic rings. The first kappa shape index (κ1) is 11.1. The number of likely N-dealkylation sites (N-methyl/N-ethyl adjacent to an activating group) is 1. The number of aliphatic hydroxyl groups excluding tert-OH is 1. The zero-order valence-electron chi connectivity index (χ0n) is 9.50. The molecule has 1 aliphatic heterocycles. The van der Waals surface area contributed by atoms with Crippen molar-refractivity contribution in [1.29, 1.82) is 0 Å². The van der Waals surface area contributed by atoms with Crippen LogP contribution in [0, 0.1) is 6.92 Å². The van der Waals surface area contributed by atoms with E-state index in [4.69, 9.17) is 0 Å². The Labute approximate surface area is 94.1 Å². The molecule has 1 amide bonds. The monoisotopic (exact) mass is 224 g/mol. The van der Waals surface area contributed by atoms with Crippen molar-refractivity contribution in [2.75, 3.05) is 26.7 Å². The topological polar surface area (TPSA) is 61.6 Å². The summed E-state index contributed by atoms with van der Waals surface area (Å²) in [7, 11) is 1.92. The van der Waals surface area contributed by atoms with E-state index in [1.54, 1.807) is 12.4 Å². The Morgan fingerprint density at radius 3 is 2.88 bits per heavy atom. The molecule has 1 N–H and O–H groups in total. The minimum absolute atomic E-state index is 0.270. The summed E-state index contributed by atoms with van der Waals surface area (Å²) in [6, 6.07) is -0.270. The number of piperazine rings is 1. The lowest BCUT2D eigenvalue weighted by Crippen LogP contribution is -2.55. The summed E-state index contributed by atoms with van der Waals surface area (Å²) in [5, 5.41) is 13.7. The van der Waals surface area contributed by atoms with Gasteiger partial charge in [-0.25, -0.2) is 4.79 Å². The second-order valence-corrected chi connectivity index (χ2v) is 4.18. The van der Waals surface area contributed by atoms with Crippen molar-refractivity contribution in [1.82, 2.24) is 19.6 Å². The molecule has 1 aromatic heterocycles. The predicted octanol–water partition coefficient (Wildman–Crippen LogP) is -0.275. The van der Waals surface area contributed by atoms with Crippen molar-refractivity contribution in [3.05, 3.63) is 18.0 Å². The maximum Gasteiger partial charge on any atom is 0.346 e. The summed E-state index contributed by atoms with van der Waals surface area (Å²) >= 11 is 0. The van der Waals surface area contributed by atoms with Crippen molar-refractivity contribution in [2.24, 2.45) is 0 Å². The lowest BCUT2D eigenvalue weighted by molar-refractivity contribution is -0.0229. The van der Waals surface area contributed by atoms with Crippen LogP contribution in [0.25, 0.3) is 0 Å². The smallest absolute Gasteiger partial charge is 0.346 e. The molecule has 0 aliphatic carbocycles. The van der Waals surface area contributed by atoms with Gasteiger partial charge in [0.25, 0.3) is 0 Å². The fourth-order valence-corrected chi connectivity index (χ4v) is 1.77. The number of nitrogens with zero attached hydrogens (tertiary/aromatic N) is 4. The zero-order valence-corrected chi connectivity index (χ0v) is 9.50. The Kier molecular flexibility index (Phi) is 2.93. The summed E-state index contributed by atoms with van der Waals surface area (Å²) in [6.45, 7) is 3.64. The van der Waals surface area contributed by atoms with Crippen LogP contribution in [0.2, 0.25) is 0 Å². The first-order valence-corrected chi connectivity index (χ1v) is 5.27. The zero-order chi connectivity index (χ0) is 11.7. The number of aliphatic hydroxyl groups is 1. The second-order valence-electron chi connectivity index (χ2n) is 4.18. The van der Waals surface area contributed by atoms with Crippen molar-refractivity contribution >= 4 is 6.03 Å². The van der Waals surface area contributed by atoms with Gasteiger partial charge in [0, 0.05) is 25.8 Å². The molecule has 6 nitrogen and oxygen atoms in total. The highest BCUT2D eigenvalue weighted by molar-refractivity contribution is 5.76. The molecule has 1 fully saturated rings. The number of aromatic nitrogens is 2. The van der Waals surface area contributed by atoms with Gasteiger partial charge in [-0.05, 0) is 19.5 Å². The molecule has 16 heavy (non-hydrogen) atoms. The van der Waals surface area contributed by atoms with Crippen LogP contribution in [0.1, 0.15) is 5.56 Å². The third-order valence-corrected chi connectivity index (χ3v) is 2.71. The number of hydrogen-bond acceptors (Lipinski definition) is 4. The van der Waals surface area contributed by atoms with Gasteiger partial charge in [0.05, 0.1) is 6.20 Å². The van der Waals surface area contributed by atoms with E-state index in [-0.39, 0.29) is 6.03 Å². The molecule has 1 saturated heterocycles. The molecule has 0 radical (unpaired) electrons. The molecular formula is C10H16N4O2. The average Bonchev–Trinajstić information content (AvgIpc) is 2.64. The van der Waals surface area contributed by atoms with Crippen LogP contribution in [-0.4, -0.2) is 63.6 Å². The highest BCUT2D eigenvalue weighted by Crippen LogP contribution is 2.08. The SMILES string of the molecule is Cc1cnn(C(=O)N2CCN(C)CC2O)c1. The number of carbonyl (C=O) groups excluding carboxylic acids is 1. The molecule has 6 heteroatoms. The Balaban J connectivity index is 2.10. The number of aryl methyl sites for hydroxylation is 1. The van der Waals surface area contributed by atoms with Crippen molar-refractivity contribution in [2.45, 2.75) is 13.2 Å². The molecule has 2 rings (SSSR count). The summed E-state index contributed by atoms with van der Waals surface area (Å²) in [6.07, 6.45) is 2.53. The van der Waals surface area contributed by atoms with E-state index < -0.39 is 6.23 Å². The van der Waals surface area contributed by atoms with Gasteiger partial charge >= 0.3 is 6.03 Å². The molecule has 1 atom stereocenters. The second kappa shape index (κ2) is 4.23. The molecule has 1 unspecified atom stereocenters. The van der Waals surface area contributed by atoms with Gasteiger partial charge in [-0.3, -0.25) is 4.90 Å². The van der Waals surface area contributed by atoms with Crippen LogP contribution < -0.4 is 0 Å². The van der Waals surface area contributed by atoms with Crippen LogP contribution in [0.5, 0.6) is 0 Å². The number of carbonyl (C=O) groups is 1. The van der Waals surface area contributed by atoms with Crippen LogP contribution in [0.15, 0.2) is 12.4 Å². The van der Waals surface area contributed by atoms with Crippen LogP contribution >= 0.6 is 0 Å². The molecular weight excluding hydrogens is 208 g/mol. The molecule has 1 aliphatic rings. The van der Waals surface area contributed by atoms with Gasteiger partial charge < -0.3 is 10.0 Å². The van der Waals surface area contributed by atoms with E-state index in [0.29, 0.717) is 13.1 Å². The van der Waals surface area contributed by atoms with Gasteiger partial charge in [-0.1, -0.05) is 0 Å². The highest BCUT2D eigenvalue weighted by atomic mass is 16.3. The van der Waals surface area contributed by atoms with Crippen LogP contribution in [0.3, 0.4) is 0 Å². The van der Waals surface area contributed by atoms with Gasteiger partial charge in [-0.15, -0.1) is 0 Å². The van der Waals surface area contributed by atoms with E-state index in [2.05, 4.69) is 5.10 Å². The van der Waals surface area contributed by atoms with Gasteiger partial charge in [0.1, 0.15) is 6.23 Å². The minimum Gasteiger partial charge on any atom is -0.372 e. The van der Waals surface area contributed by atoms with E-state index in [1.807, 2.05) is 18.9 Å². The van der Waals surface area contributed by atoms with E-state index in [1.165, 1.54) is 9.58 Å². The molecule has 0 bridgehead atoms. The van der Waals surface area contributed by atoms with Crippen LogP contribution in [0.4, 0.5) is 4.79 Å². The highest BCUT2D eigenvalue weighted by Gasteiger charge is 2.28. The molecule has 88 valence electrons. The lowest BCUT2D eigenvalue weighted by atomic mass is 10.3. The third-order valence-electron chi connectivity index (χ3n) is 2.71. The van der Waals surface area contributed by atoms with E-state index in [0.717, 1.165) is 12.1 Å². The Bertz CT molecular complexity index is 390. The Hall–Kier alpha value is -1.40. The summed E-state index contributed by atoms with van der Waals surface area (Å²) in [4.78, 5) is 15.4. The normalized spacial score (nSPS) is 22.4. The maximum atomic E-state index is 12.0. The first-order chi connectivity index (χ1) is 7.58. The van der Waals surface area contributed by atoms with E-state index >= 15 is 0 Å². The molecule has 0 aromatic carbocycles. The summed E-state index contributed by atoms with van der Waals surface area (Å²) in [5.41, 5.74) is 0.928. The molecule has 0 spiro atoms. The average molecular weight is 224 g/mol. The summed E-state index contributed by atoms with van der Waals surface area (Å²) < 4.78 is 1.27. The molecule has 2 heterocycles. The van der Waals surface area contributed by atoms with Crippen molar-refractivity contribution in [3.8, 4) is 0 Å². The predicted molar refractivity (Wildman–Crippen MR) is 58.0 cm³/mol. The first-order valence-electron chi connectivity index (χ1n) is 5.27. The fourth-order valence-electron chi connectivity index (χ4n) is 1.77. The minimum atomic E-state index is -0.754. The van der Waals surface area contributed by atoms with Crippen molar-refractivity contribution in [3.63, 3.8) is 0 Å². The van der Waals surface area contributed by atoms with Crippen molar-refractivity contribution < 1.29 is 9.90 Å². The van der Waals surface area contributed by atoms with Gasteiger partial charge in [0.15, 0.2) is 0 Å². The van der Waals surface area contributed by atoms with Crippen LogP contribution in [-0.2, 0) is 0 Å². The van der Waals surface area contributed by atoms with Gasteiger partial charge in [0.2, 0.25) is 0 Å².